The van der Waals surface area contributed by atoms with Crippen molar-refractivity contribution in [3.8, 4) is 0 Å². The number of carbonyl (C=O) groups is 1. The highest BCUT2D eigenvalue weighted by atomic mass is 16.4. The fraction of sp³-hybridized carbons (Fsp3) is 0.625. The predicted molar refractivity (Wildman–Crippen MR) is 81.9 cm³/mol. The van der Waals surface area contributed by atoms with E-state index in [4.69, 9.17) is 5.11 Å². The lowest BCUT2D eigenvalue weighted by Crippen LogP contribution is -2.46. The van der Waals surface area contributed by atoms with Crippen LogP contribution < -0.4 is 4.90 Å². The number of aromatic nitrogens is 1. The molecule has 5 nitrogen and oxygen atoms in total. The largest absolute Gasteiger partial charge is 0.477 e. The zero-order valence-corrected chi connectivity index (χ0v) is 12.4. The topological polar surface area (TPSA) is 56.7 Å². The molecule has 2 fully saturated rings. The zero-order chi connectivity index (χ0) is 14.7. The lowest BCUT2D eigenvalue weighted by molar-refractivity contribution is 0.0690. The van der Waals surface area contributed by atoms with E-state index in [1.54, 1.807) is 12.3 Å². The molecule has 0 bridgehead atoms. The third-order valence-corrected chi connectivity index (χ3v) is 4.70. The van der Waals surface area contributed by atoms with Crippen LogP contribution in [0.15, 0.2) is 18.3 Å². The SMILES string of the molecule is O=C(O)c1ccc(N2CCC(N3CCCCC3)CC2)cn1. The molecule has 0 atom stereocenters. The third-order valence-electron chi connectivity index (χ3n) is 4.70. The Bertz CT molecular complexity index is 475. The van der Waals surface area contributed by atoms with Crippen molar-refractivity contribution in [2.45, 2.75) is 38.1 Å². The molecule has 0 unspecified atom stereocenters. The number of nitrogens with zero attached hydrogens (tertiary/aromatic N) is 3. The first kappa shape index (κ1) is 14.3. The van der Waals surface area contributed by atoms with E-state index >= 15 is 0 Å². The van der Waals surface area contributed by atoms with Crippen molar-refractivity contribution < 1.29 is 9.90 Å². The second kappa shape index (κ2) is 6.43. The average Bonchev–Trinajstić information content (AvgIpc) is 2.56. The molecule has 1 aromatic rings. The van der Waals surface area contributed by atoms with Gasteiger partial charge in [-0.15, -0.1) is 0 Å². The minimum absolute atomic E-state index is 0.113. The highest BCUT2D eigenvalue weighted by Crippen LogP contribution is 2.24. The molecule has 0 amide bonds. The molecule has 2 aliphatic rings. The number of hydrogen-bond acceptors (Lipinski definition) is 4. The van der Waals surface area contributed by atoms with Crippen LogP contribution in [0.3, 0.4) is 0 Å². The molecular formula is C16H23N3O2. The Morgan fingerprint density at radius 3 is 2.38 bits per heavy atom. The number of carboxylic acid groups (broad SMARTS) is 1. The molecule has 114 valence electrons. The van der Waals surface area contributed by atoms with Crippen molar-refractivity contribution in [1.82, 2.24) is 9.88 Å². The smallest absolute Gasteiger partial charge is 0.354 e. The fourth-order valence-corrected chi connectivity index (χ4v) is 3.47. The molecule has 0 radical (unpaired) electrons. The van der Waals surface area contributed by atoms with Crippen LogP contribution in [-0.2, 0) is 0 Å². The third kappa shape index (κ3) is 3.35. The van der Waals surface area contributed by atoms with Crippen LogP contribution in [0.2, 0.25) is 0 Å². The van der Waals surface area contributed by atoms with Gasteiger partial charge in [0.15, 0.2) is 0 Å². The van der Waals surface area contributed by atoms with Gasteiger partial charge in [0.1, 0.15) is 5.69 Å². The number of aromatic carboxylic acids is 1. The van der Waals surface area contributed by atoms with Crippen LogP contribution in [-0.4, -0.2) is 53.2 Å². The van der Waals surface area contributed by atoms with E-state index in [0.29, 0.717) is 0 Å². The number of hydrogen-bond donors (Lipinski definition) is 1. The molecule has 1 aromatic heterocycles. The van der Waals surface area contributed by atoms with Crippen molar-refractivity contribution in [3.05, 3.63) is 24.0 Å². The number of rotatable bonds is 3. The van der Waals surface area contributed by atoms with Crippen LogP contribution >= 0.6 is 0 Å². The summed E-state index contributed by atoms with van der Waals surface area (Å²) in [5.41, 5.74) is 1.15. The Kier molecular flexibility index (Phi) is 4.39. The standard InChI is InChI=1S/C16H23N3O2/c20-16(21)15-5-4-14(12-17-15)19-10-6-13(7-11-19)18-8-2-1-3-9-18/h4-5,12-13H,1-3,6-11H2,(H,20,21). The summed E-state index contributed by atoms with van der Waals surface area (Å²) >= 11 is 0. The molecule has 2 saturated heterocycles. The number of carboxylic acids is 1. The van der Waals surface area contributed by atoms with Crippen LogP contribution in [0.25, 0.3) is 0 Å². The van der Waals surface area contributed by atoms with Gasteiger partial charge >= 0.3 is 5.97 Å². The van der Waals surface area contributed by atoms with Crippen molar-refractivity contribution in [2.75, 3.05) is 31.1 Å². The maximum Gasteiger partial charge on any atom is 0.354 e. The first-order valence-corrected chi connectivity index (χ1v) is 7.92. The monoisotopic (exact) mass is 289 g/mol. The molecule has 0 aliphatic carbocycles. The van der Waals surface area contributed by atoms with Gasteiger partial charge in [0.25, 0.3) is 0 Å². The summed E-state index contributed by atoms with van der Waals surface area (Å²) in [6, 6.07) is 4.19. The van der Waals surface area contributed by atoms with Crippen molar-refractivity contribution in [3.63, 3.8) is 0 Å². The minimum Gasteiger partial charge on any atom is -0.477 e. The number of anilines is 1. The summed E-state index contributed by atoms with van der Waals surface area (Å²) in [5, 5.41) is 8.88. The van der Waals surface area contributed by atoms with Gasteiger partial charge < -0.3 is 14.9 Å². The quantitative estimate of drug-likeness (QED) is 0.925. The summed E-state index contributed by atoms with van der Waals surface area (Å²) in [6.45, 7) is 4.60. The Morgan fingerprint density at radius 2 is 1.81 bits per heavy atom. The van der Waals surface area contributed by atoms with Gasteiger partial charge in [-0.3, -0.25) is 0 Å². The van der Waals surface area contributed by atoms with E-state index in [2.05, 4.69) is 14.8 Å². The molecule has 5 heteroatoms. The van der Waals surface area contributed by atoms with Crippen LogP contribution in [0.5, 0.6) is 0 Å². The van der Waals surface area contributed by atoms with E-state index in [1.807, 2.05) is 6.07 Å². The van der Waals surface area contributed by atoms with Gasteiger partial charge in [-0.05, 0) is 50.9 Å². The summed E-state index contributed by atoms with van der Waals surface area (Å²) in [6.07, 6.45) is 8.16. The van der Waals surface area contributed by atoms with Gasteiger partial charge in [0.2, 0.25) is 0 Å². The number of piperidine rings is 2. The van der Waals surface area contributed by atoms with Crippen LogP contribution in [0, 0.1) is 0 Å². The predicted octanol–water partition coefficient (Wildman–Crippen LogP) is 2.23. The first-order valence-electron chi connectivity index (χ1n) is 7.92. The van der Waals surface area contributed by atoms with Gasteiger partial charge in [0, 0.05) is 19.1 Å². The second-order valence-corrected chi connectivity index (χ2v) is 6.02. The van der Waals surface area contributed by atoms with E-state index in [0.717, 1.165) is 24.8 Å². The van der Waals surface area contributed by atoms with Crippen molar-refractivity contribution >= 4 is 11.7 Å². The molecule has 3 rings (SSSR count). The molecule has 3 heterocycles. The van der Waals surface area contributed by atoms with Gasteiger partial charge in [0.05, 0.1) is 11.9 Å². The van der Waals surface area contributed by atoms with Crippen molar-refractivity contribution in [2.24, 2.45) is 0 Å². The summed E-state index contributed by atoms with van der Waals surface area (Å²) in [7, 11) is 0. The number of pyridine rings is 1. The molecule has 0 aromatic carbocycles. The average molecular weight is 289 g/mol. The van der Waals surface area contributed by atoms with Crippen molar-refractivity contribution in [1.29, 1.82) is 0 Å². The molecule has 1 N–H and O–H groups in total. The molecule has 21 heavy (non-hydrogen) atoms. The molecular weight excluding hydrogens is 266 g/mol. The maximum atomic E-state index is 10.8. The highest BCUT2D eigenvalue weighted by Gasteiger charge is 2.25. The Hall–Kier alpha value is -1.62. The van der Waals surface area contributed by atoms with E-state index < -0.39 is 5.97 Å². The van der Waals surface area contributed by atoms with Gasteiger partial charge in [-0.25, -0.2) is 9.78 Å². The van der Waals surface area contributed by atoms with E-state index in [9.17, 15) is 4.79 Å². The first-order chi connectivity index (χ1) is 10.2. The summed E-state index contributed by atoms with van der Waals surface area (Å²) < 4.78 is 0. The van der Waals surface area contributed by atoms with E-state index in [-0.39, 0.29) is 5.69 Å². The Morgan fingerprint density at radius 1 is 1.10 bits per heavy atom. The Labute approximate surface area is 125 Å². The lowest BCUT2D eigenvalue weighted by Gasteiger charge is -2.40. The summed E-state index contributed by atoms with van der Waals surface area (Å²) in [5.74, 6) is -0.967. The van der Waals surface area contributed by atoms with Crippen LogP contribution in [0.1, 0.15) is 42.6 Å². The van der Waals surface area contributed by atoms with Gasteiger partial charge in [-0.1, -0.05) is 6.42 Å². The molecule has 0 saturated carbocycles. The second-order valence-electron chi connectivity index (χ2n) is 6.02. The maximum absolute atomic E-state index is 10.8. The highest BCUT2D eigenvalue weighted by molar-refractivity contribution is 5.85. The molecule has 2 aliphatic heterocycles. The van der Waals surface area contributed by atoms with E-state index in [1.165, 1.54) is 45.2 Å². The molecule has 0 spiro atoms. The van der Waals surface area contributed by atoms with Crippen LogP contribution in [0.4, 0.5) is 5.69 Å². The lowest BCUT2D eigenvalue weighted by atomic mass is 9.99. The van der Waals surface area contributed by atoms with Gasteiger partial charge in [-0.2, -0.15) is 0 Å². The normalized spacial score (nSPS) is 21.4. The zero-order valence-electron chi connectivity index (χ0n) is 12.4. The Balaban J connectivity index is 1.56. The summed E-state index contributed by atoms with van der Waals surface area (Å²) in [4.78, 5) is 19.8. The minimum atomic E-state index is -0.967. The number of likely N-dealkylation sites (tertiary alicyclic amines) is 1. The fourth-order valence-electron chi connectivity index (χ4n) is 3.47.